The smallest absolute Gasteiger partial charge is 0.242 e. The third-order valence-corrected chi connectivity index (χ3v) is 7.71. The van der Waals surface area contributed by atoms with Gasteiger partial charge in [0.2, 0.25) is 11.8 Å². The third-order valence-electron chi connectivity index (χ3n) is 5.88. The van der Waals surface area contributed by atoms with Crippen molar-refractivity contribution in [1.29, 1.82) is 0 Å². The van der Waals surface area contributed by atoms with Crippen molar-refractivity contribution in [3.05, 3.63) is 68.7 Å². The molecule has 1 aliphatic carbocycles. The summed E-state index contributed by atoms with van der Waals surface area (Å²) in [7, 11) is 0. The minimum Gasteiger partial charge on any atom is -0.352 e. The highest BCUT2D eigenvalue weighted by Crippen LogP contribution is 2.24. The van der Waals surface area contributed by atoms with E-state index in [1.165, 1.54) is 18.2 Å². The van der Waals surface area contributed by atoms with Crippen LogP contribution in [0, 0.1) is 0 Å². The minimum atomic E-state index is -0.609. The summed E-state index contributed by atoms with van der Waals surface area (Å²) in [5, 5.41) is 4.84. The zero-order chi connectivity index (χ0) is 23.8. The molecule has 2 amide bonds. The predicted molar refractivity (Wildman–Crippen MR) is 139 cm³/mol. The number of hydrogen-bond acceptors (Lipinski definition) is 3. The van der Waals surface area contributed by atoms with Crippen LogP contribution in [-0.2, 0) is 21.9 Å². The summed E-state index contributed by atoms with van der Waals surface area (Å²) in [6.45, 7) is 2.03. The van der Waals surface area contributed by atoms with Gasteiger partial charge in [0.1, 0.15) is 6.04 Å². The first-order chi connectivity index (χ1) is 15.8. The standard InChI is InChI=1S/C25H29Cl3N2O2S/c1-17(25(32)29-22-5-3-2-4-6-22)30(14-19-9-12-21(27)13-23(19)28)24(31)16-33-15-18-7-10-20(26)11-8-18/h7-13,17,22H,2-6,14-16H2,1H3,(H,29,32)/t17-/m0/s1. The van der Waals surface area contributed by atoms with E-state index in [4.69, 9.17) is 34.8 Å². The number of benzene rings is 2. The fraction of sp³-hybridized carbons (Fsp3) is 0.440. The van der Waals surface area contributed by atoms with Crippen LogP contribution < -0.4 is 5.32 Å². The van der Waals surface area contributed by atoms with Gasteiger partial charge < -0.3 is 10.2 Å². The lowest BCUT2D eigenvalue weighted by Crippen LogP contribution is -2.50. The van der Waals surface area contributed by atoms with Gasteiger partial charge in [0.05, 0.1) is 5.75 Å². The van der Waals surface area contributed by atoms with Gasteiger partial charge >= 0.3 is 0 Å². The number of nitrogens with zero attached hydrogens (tertiary/aromatic N) is 1. The van der Waals surface area contributed by atoms with Crippen LogP contribution >= 0.6 is 46.6 Å². The highest BCUT2D eigenvalue weighted by molar-refractivity contribution is 7.99. The molecule has 1 fully saturated rings. The SMILES string of the molecule is C[C@@H](C(=O)NC1CCCCC1)N(Cc1ccc(Cl)cc1Cl)C(=O)CSCc1ccc(Cl)cc1. The van der Waals surface area contributed by atoms with Crippen LogP contribution in [0.5, 0.6) is 0 Å². The van der Waals surface area contributed by atoms with Crippen molar-refractivity contribution in [2.75, 3.05) is 5.75 Å². The summed E-state index contributed by atoms with van der Waals surface area (Å²) < 4.78 is 0. The van der Waals surface area contributed by atoms with Crippen LogP contribution in [0.4, 0.5) is 0 Å². The van der Waals surface area contributed by atoms with Gasteiger partial charge in [0.15, 0.2) is 0 Å². The van der Waals surface area contributed by atoms with Gasteiger partial charge in [-0.1, -0.05) is 72.3 Å². The fourth-order valence-corrected chi connectivity index (χ4v) is 5.37. The number of rotatable bonds is 9. The Hall–Kier alpha value is -1.40. The zero-order valence-electron chi connectivity index (χ0n) is 18.7. The molecular formula is C25H29Cl3N2O2S. The van der Waals surface area contributed by atoms with E-state index in [1.54, 1.807) is 30.0 Å². The second-order valence-corrected chi connectivity index (χ2v) is 10.7. The van der Waals surface area contributed by atoms with Crippen molar-refractivity contribution in [1.82, 2.24) is 10.2 Å². The molecule has 4 nitrogen and oxygen atoms in total. The molecule has 178 valence electrons. The Bertz CT molecular complexity index is 949. The lowest BCUT2D eigenvalue weighted by atomic mass is 9.95. The molecule has 0 unspecified atom stereocenters. The summed E-state index contributed by atoms with van der Waals surface area (Å²) in [4.78, 5) is 27.9. The molecule has 0 bridgehead atoms. The molecule has 0 heterocycles. The molecule has 33 heavy (non-hydrogen) atoms. The van der Waals surface area contributed by atoms with E-state index in [0.29, 0.717) is 20.8 Å². The Morgan fingerprint density at radius 3 is 2.36 bits per heavy atom. The average molecular weight is 528 g/mol. The van der Waals surface area contributed by atoms with E-state index in [1.807, 2.05) is 24.3 Å². The number of hydrogen-bond donors (Lipinski definition) is 1. The van der Waals surface area contributed by atoms with Gasteiger partial charge in [0, 0.05) is 33.4 Å². The Kier molecular flexibility index (Phi) is 10.2. The number of halogens is 3. The van der Waals surface area contributed by atoms with Crippen LogP contribution in [-0.4, -0.2) is 34.6 Å². The Labute approximate surface area is 215 Å². The lowest BCUT2D eigenvalue weighted by molar-refractivity contribution is -0.139. The molecule has 2 aromatic carbocycles. The quantitative estimate of drug-likeness (QED) is 0.392. The van der Waals surface area contributed by atoms with Crippen molar-refractivity contribution >= 4 is 58.4 Å². The maximum atomic E-state index is 13.2. The van der Waals surface area contributed by atoms with Gasteiger partial charge in [-0.05, 0) is 55.2 Å². The second kappa shape index (κ2) is 12.9. The van der Waals surface area contributed by atoms with Crippen molar-refractivity contribution < 1.29 is 9.59 Å². The number of carbonyl (C=O) groups excluding carboxylic acids is 2. The highest BCUT2D eigenvalue weighted by Gasteiger charge is 2.28. The topological polar surface area (TPSA) is 49.4 Å². The second-order valence-electron chi connectivity index (χ2n) is 8.40. The third kappa shape index (κ3) is 8.10. The first kappa shape index (κ1) is 26.2. The molecule has 1 saturated carbocycles. The number of carbonyl (C=O) groups is 2. The van der Waals surface area contributed by atoms with Crippen molar-refractivity contribution in [2.45, 2.75) is 63.4 Å². The highest BCUT2D eigenvalue weighted by atomic mass is 35.5. The maximum absolute atomic E-state index is 13.2. The molecule has 0 aromatic heterocycles. The van der Waals surface area contributed by atoms with Gasteiger partial charge in [-0.3, -0.25) is 9.59 Å². The van der Waals surface area contributed by atoms with Crippen LogP contribution in [0.15, 0.2) is 42.5 Å². The maximum Gasteiger partial charge on any atom is 0.242 e. The van der Waals surface area contributed by atoms with Gasteiger partial charge in [0.25, 0.3) is 0 Å². The summed E-state index contributed by atoms with van der Waals surface area (Å²) in [6, 6.07) is 12.4. The Morgan fingerprint density at radius 2 is 1.70 bits per heavy atom. The van der Waals surface area contributed by atoms with Crippen molar-refractivity contribution in [3.8, 4) is 0 Å². The molecule has 1 N–H and O–H groups in total. The number of amides is 2. The van der Waals surface area contributed by atoms with E-state index in [9.17, 15) is 9.59 Å². The number of nitrogens with one attached hydrogen (secondary N) is 1. The molecule has 3 rings (SSSR count). The average Bonchev–Trinajstić information content (AvgIpc) is 2.80. The van der Waals surface area contributed by atoms with Gasteiger partial charge in [-0.2, -0.15) is 0 Å². The van der Waals surface area contributed by atoms with E-state index in [2.05, 4.69) is 5.32 Å². The molecular weight excluding hydrogens is 499 g/mol. The first-order valence-electron chi connectivity index (χ1n) is 11.2. The molecule has 0 radical (unpaired) electrons. The van der Waals surface area contributed by atoms with Gasteiger partial charge in [-0.15, -0.1) is 11.8 Å². The molecule has 1 aliphatic rings. The summed E-state index contributed by atoms with van der Waals surface area (Å²) in [6.07, 6.45) is 5.46. The van der Waals surface area contributed by atoms with E-state index < -0.39 is 6.04 Å². The summed E-state index contributed by atoms with van der Waals surface area (Å²) in [5.74, 6) is 0.713. The van der Waals surface area contributed by atoms with Crippen LogP contribution in [0.3, 0.4) is 0 Å². The lowest BCUT2D eigenvalue weighted by Gasteiger charge is -2.31. The number of thioether (sulfide) groups is 1. The normalized spacial score (nSPS) is 15.2. The molecule has 0 spiro atoms. The van der Waals surface area contributed by atoms with Crippen LogP contribution in [0.25, 0.3) is 0 Å². The molecule has 2 aromatic rings. The molecule has 8 heteroatoms. The molecule has 0 saturated heterocycles. The molecule has 0 aliphatic heterocycles. The minimum absolute atomic E-state index is 0.105. The molecule has 1 atom stereocenters. The predicted octanol–water partition coefficient (Wildman–Crippen LogP) is 6.75. The monoisotopic (exact) mass is 526 g/mol. The Morgan fingerprint density at radius 1 is 1.03 bits per heavy atom. The van der Waals surface area contributed by atoms with Crippen molar-refractivity contribution in [2.24, 2.45) is 0 Å². The van der Waals surface area contributed by atoms with Crippen LogP contribution in [0.2, 0.25) is 15.1 Å². The van der Waals surface area contributed by atoms with Gasteiger partial charge in [-0.25, -0.2) is 0 Å². The summed E-state index contributed by atoms with van der Waals surface area (Å²) >= 11 is 19.9. The summed E-state index contributed by atoms with van der Waals surface area (Å²) in [5.41, 5.74) is 1.85. The largest absolute Gasteiger partial charge is 0.352 e. The van der Waals surface area contributed by atoms with E-state index >= 15 is 0 Å². The zero-order valence-corrected chi connectivity index (χ0v) is 21.7. The van der Waals surface area contributed by atoms with Crippen LogP contribution in [0.1, 0.15) is 50.2 Å². The Balaban J connectivity index is 1.68. The van der Waals surface area contributed by atoms with E-state index in [-0.39, 0.29) is 30.2 Å². The van der Waals surface area contributed by atoms with Crippen molar-refractivity contribution in [3.63, 3.8) is 0 Å². The van der Waals surface area contributed by atoms with E-state index in [0.717, 1.165) is 36.8 Å². The first-order valence-corrected chi connectivity index (χ1v) is 13.5. The fourth-order valence-electron chi connectivity index (χ4n) is 3.90.